The molecule has 0 aliphatic rings. The van der Waals surface area contributed by atoms with Crippen LogP contribution >= 0.6 is 0 Å². The lowest BCUT2D eigenvalue weighted by Crippen LogP contribution is -1.97. The van der Waals surface area contributed by atoms with Crippen molar-refractivity contribution in [2.75, 3.05) is 0 Å². The van der Waals surface area contributed by atoms with Crippen molar-refractivity contribution in [1.82, 2.24) is 0 Å². The molecule has 152 valence electrons. The topological polar surface area (TPSA) is 34.1 Å². The third kappa shape index (κ3) is 21.2. The SMILES string of the molecule is CCCCCCCCCCCC(=O)CCCCCCCCCCC=C=O. The predicted molar refractivity (Wildman–Crippen MR) is 113 cm³/mol. The van der Waals surface area contributed by atoms with Crippen LogP contribution in [-0.2, 0) is 9.59 Å². The van der Waals surface area contributed by atoms with E-state index >= 15 is 0 Å². The Morgan fingerprint density at radius 1 is 0.615 bits per heavy atom. The molecule has 0 spiro atoms. The summed E-state index contributed by atoms with van der Waals surface area (Å²) in [6.45, 7) is 2.26. The summed E-state index contributed by atoms with van der Waals surface area (Å²) in [4.78, 5) is 21.9. The molecule has 0 aromatic rings. The zero-order valence-corrected chi connectivity index (χ0v) is 17.5. The number of unbranched alkanes of at least 4 members (excludes halogenated alkanes) is 16. The first kappa shape index (κ1) is 25.1. The summed E-state index contributed by atoms with van der Waals surface area (Å²) in [6, 6.07) is 0. The lowest BCUT2D eigenvalue weighted by molar-refractivity contribution is -0.119. The van der Waals surface area contributed by atoms with Crippen LogP contribution in [0.3, 0.4) is 0 Å². The smallest absolute Gasteiger partial charge is 0.132 e. The molecule has 2 heteroatoms. The molecular weight excluding hydrogens is 320 g/mol. The Balaban J connectivity index is 3.16. The standard InChI is InChI=1S/C24H44O2/c1-2-3-4-5-6-9-12-15-18-21-24(26)22-19-16-13-10-7-8-11-14-17-20-23-25/h20H,2-19,21-22H2,1H3. The summed E-state index contributed by atoms with van der Waals surface area (Å²) in [6.07, 6.45) is 25.7. The van der Waals surface area contributed by atoms with Gasteiger partial charge in [-0.3, -0.25) is 4.79 Å². The van der Waals surface area contributed by atoms with Crippen LogP contribution in [0.5, 0.6) is 0 Å². The lowest BCUT2D eigenvalue weighted by atomic mass is 10.0. The molecule has 0 saturated carbocycles. The van der Waals surface area contributed by atoms with Crippen molar-refractivity contribution in [3.8, 4) is 0 Å². The average molecular weight is 365 g/mol. The van der Waals surface area contributed by atoms with Crippen molar-refractivity contribution in [2.45, 2.75) is 135 Å². The van der Waals surface area contributed by atoms with Gasteiger partial charge in [0.1, 0.15) is 11.7 Å². The number of carbonyl (C=O) groups excluding carboxylic acids is 2. The summed E-state index contributed by atoms with van der Waals surface area (Å²) < 4.78 is 0. The van der Waals surface area contributed by atoms with Crippen LogP contribution in [0, 0.1) is 0 Å². The first-order valence-corrected chi connectivity index (χ1v) is 11.5. The number of ketones is 1. The lowest BCUT2D eigenvalue weighted by Gasteiger charge is -2.03. The predicted octanol–water partition coefficient (Wildman–Crippen LogP) is 7.77. The van der Waals surface area contributed by atoms with Crippen molar-refractivity contribution in [3.63, 3.8) is 0 Å². The fourth-order valence-corrected chi connectivity index (χ4v) is 3.45. The highest BCUT2D eigenvalue weighted by molar-refractivity contribution is 5.78. The van der Waals surface area contributed by atoms with Gasteiger partial charge in [-0.1, -0.05) is 96.8 Å². The zero-order valence-electron chi connectivity index (χ0n) is 17.5. The first-order chi connectivity index (χ1) is 12.8. The number of rotatable bonds is 21. The van der Waals surface area contributed by atoms with E-state index in [0.717, 1.165) is 38.5 Å². The third-order valence-electron chi connectivity index (χ3n) is 5.20. The normalized spacial score (nSPS) is 10.7. The molecule has 2 nitrogen and oxygen atoms in total. The van der Waals surface area contributed by atoms with Crippen molar-refractivity contribution in [2.24, 2.45) is 0 Å². The van der Waals surface area contributed by atoms with Gasteiger partial charge in [0, 0.05) is 12.8 Å². The molecule has 0 atom stereocenters. The number of carbonyl (C=O) groups is 1. The van der Waals surface area contributed by atoms with Crippen LogP contribution in [-0.4, -0.2) is 11.7 Å². The van der Waals surface area contributed by atoms with Gasteiger partial charge in [-0.25, -0.2) is 4.79 Å². The van der Waals surface area contributed by atoms with E-state index in [2.05, 4.69) is 6.92 Å². The molecule has 0 N–H and O–H groups in total. The first-order valence-electron chi connectivity index (χ1n) is 11.5. The maximum absolute atomic E-state index is 11.9. The van der Waals surface area contributed by atoms with Gasteiger partial charge < -0.3 is 0 Å². The van der Waals surface area contributed by atoms with Gasteiger partial charge in [-0.05, 0) is 31.8 Å². The van der Waals surface area contributed by atoms with Gasteiger partial charge in [0.2, 0.25) is 0 Å². The Labute approximate surface area is 163 Å². The minimum atomic E-state index is 0.483. The molecular formula is C24H44O2. The van der Waals surface area contributed by atoms with Gasteiger partial charge in [0.05, 0.1) is 0 Å². The van der Waals surface area contributed by atoms with E-state index in [1.807, 2.05) is 5.94 Å². The third-order valence-corrected chi connectivity index (χ3v) is 5.20. The van der Waals surface area contributed by atoms with Crippen LogP contribution in [0.1, 0.15) is 135 Å². The zero-order chi connectivity index (χ0) is 19.1. The molecule has 0 saturated heterocycles. The Kier molecular flexibility index (Phi) is 21.4. The molecule has 0 aromatic carbocycles. The molecule has 0 aliphatic heterocycles. The average Bonchev–Trinajstić information content (AvgIpc) is 2.64. The fourth-order valence-electron chi connectivity index (χ4n) is 3.45. The number of hydrogen-bond donors (Lipinski definition) is 0. The molecule has 0 fully saturated rings. The van der Waals surface area contributed by atoms with Crippen LogP contribution in [0.4, 0.5) is 0 Å². The second-order valence-corrected chi connectivity index (χ2v) is 7.81. The molecule has 0 aliphatic carbocycles. The number of allylic oxidation sites excluding steroid dienone is 1. The van der Waals surface area contributed by atoms with E-state index in [9.17, 15) is 9.59 Å². The van der Waals surface area contributed by atoms with Crippen molar-refractivity contribution in [3.05, 3.63) is 6.08 Å². The fraction of sp³-hybridized carbons (Fsp3) is 0.875. The molecule has 0 bridgehead atoms. The Morgan fingerprint density at radius 2 is 1.00 bits per heavy atom. The monoisotopic (exact) mass is 364 g/mol. The molecule has 0 aromatic heterocycles. The molecule has 26 heavy (non-hydrogen) atoms. The van der Waals surface area contributed by atoms with Gasteiger partial charge in [-0.2, -0.15) is 0 Å². The van der Waals surface area contributed by atoms with Crippen molar-refractivity contribution < 1.29 is 9.59 Å². The largest absolute Gasteiger partial charge is 0.300 e. The van der Waals surface area contributed by atoms with E-state index in [1.165, 1.54) is 89.9 Å². The van der Waals surface area contributed by atoms with Gasteiger partial charge >= 0.3 is 0 Å². The van der Waals surface area contributed by atoms with Crippen molar-refractivity contribution >= 4 is 11.7 Å². The van der Waals surface area contributed by atoms with E-state index in [-0.39, 0.29) is 0 Å². The summed E-state index contributed by atoms with van der Waals surface area (Å²) >= 11 is 0. The Bertz CT molecular complexity index is 342. The van der Waals surface area contributed by atoms with Crippen LogP contribution < -0.4 is 0 Å². The molecule has 0 rings (SSSR count). The molecule has 0 radical (unpaired) electrons. The van der Waals surface area contributed by atoms with Crippen LogP contribution in [0.25, 0.3) is 0 Å². The Morgan fingerprint density at radius 3 is 1.42 bits per heavy atom. The summed E-state index contributed by atoms with van der Waals surface area (Å²) in [5.41, 5.74) is 0. The molecule has 0 unspecified atom stereocenters. The minimum absolute atomic E-state index is 0.483. The van der Waals surface area contributed by atoms with E-state index < -0.39 is 0 Å². The number of hydrogen-bond acceptors (Lipinski definition) is 2. The second kappa shape index (κ2) is 22.2. The van der Waals surface area contributed by atoms with Gasteiger partial charge in [0.15, 0.2) is 0 Å². The maximum atomic E-state index is 11.9. The Hall–Kier alpha value is -0.880. The number of Topliss-reactive ketones (excluding diaryl/α,β-unsaturated/α-hetero) is 1. The summed E-state index contributed by atoms with van der Waals surface area (Å²) in [7, 11) is 0. The highest BCUT2D eigenvalue weighted by Gasteiger charge is 2.02. The molecule has 0 amide bonds. The summed E-state index contributed by atoms with van der Waals surface area (Å²) in [5.74, 6) is 2.31. The second-order valence-electron chi connectivity index (χ2n) is 7.81. The quantitative estimate of drug-likeness (QED) is 0.154. The minimum Gasteiger partial charge on any atom is -0.300 e. The molecule has 0 heterocycles. The maximum Gasteiger partial charge on any atom is 0.132 e. The van der Waals surface area contributed by atoms with E-state index in [0.29, 0.717) is 5.78 Å². The van der Waals surface area contributed by atoms with Crippen molar-refractivity contribution in [1.29, 1.82) is 0 Å². The highest BCUT2D eigenvalue weighted by Crippen LogP contribution is 2.13. The van der Waals surface area contributed by atoms with E-state index in [4.69, 9.17) is 0 Å². The van der Waals surface area contributed by atoms with Crippen LogP contribution in [0.2, 0.25) is 0 Å². The highest BCUT2D eigenvalue weighted by atomic mass is 16.1. The van der Waals surface area contributed by atoms with E-state index in [1.54, 1.807) is 6.08 Å². The van der Waals surface area contributed by atoms with Gasteiger partial charge in [0.25, 0.3) is 0 Å². The summed E-state index contributed by atoms with van der Waals surface area (Å²) in [5, 5.41) is 0. The van der Waals surface area contributed by atoms with Gasteiger partial charge in [-0.15, -0.1) is 0 Å². The van der Waals surface area contributed by atoms with Crippen LogP contribution in [0.15, 0.2) is 6.08 Å².